The van der Waals surface area contributed by atoms with Crippen LogP contribution in [0.1, 0.15) is 44.9 Å². The SMILES string of the molecule is O=C1CCCCCCCC1I. The number of ketones is 1. The molecule has 0 saturated heterocycles. The third kappa shape index (κ3) is 3.54. The number of Topliss-reactive ketones (excluding diaryl/α,β-unsaturated/α-hetero) is 1. The van der Waals surface area contributed by atoms with Crippen molar-refractivity contribution in [3.05, 3.63) is 0 Å². The first-order chi connectivity index (χ1) is 5.30. The summed E-state index contributed by atoms with van der Waals surface area (Å²) in [5.41, 5.74) is 0. The van der Waals surface area contributed by atoms with Gasteiger partial charge < -0.3 is 0 Å². The summed E-state index contributed by atoms with van der Waals surface area (Å²) in [6.07, 6.45) is 8.23. The van der Waals surface area contributed by atoms with Crippen LogP contribution in [0.3, 0.4) is 0 Å². The molecule has 0 aromatic carbocycles. The van der Waals surface area contributed by atoms with E-state index in [4.69, 9.17) is 0 Å². The van der Waals surface area contributed by atoms with Gasteiger partial charge in [-0.1, -0.05) is 48.3 Å². The molecule has 0 aliphatic heterocycles. The predicted molar refractivity (Wildman–Crippen MR) is 55.1 cm³/mol. The van der Waals surface area contributed by atoms with Crippen LogP contribution in [0, 0.1) is 0 Å². The molecule has 0 aromatic rings. The van der Waals surface area contributed by atoms with Gasteiger partial charge in [-0.3, -0.25) is 4.79 Å². The molecule has 1 aliphatic carbocycles. The molecule has 1 rings (SSSR count). The summed E-state index contributed by atoms with van der Waals surface area (Å²) >= 11 is 2.29. The van der Waals surface area contributed by atoms with Crippen molar-refractivity contribution in [3.63, 3.8) is 0 Å². The van der Waals surface area contributed by atoms with E-state index in [2.05, 4.69) is 22.6 Å². The lowest BCUT2D eigenvalue weighted by molar-refractivity contribution is -0.118. The fraction of sp³-hybridized carbons (Fsp3) is 0.889. The van der Waals surface area contributed by atoms with Gasteiger partial charge >= 0.3 is 0 Å². The molecule has 0 radical (unpaired) electrons. The van der Waals surface area contributed by atoms with Crippen molar-refractivity contribution in [3.8, 4) is 0 Å². The van der Waals surface area contributed by atoms with E-state index in [1.807, 2.05) is 0 Å². The first-order valence-electron chi connectivity index (χ1n) is 4.47. The van der Waals surface area contributed by atoms with Crippen molar-refractivity contribution in [2.45, 2.75) is 48.9 Å². The Hall–Kier alpha value is 0.400. The Kier molecular flexibility index (Phi) is 4.41. The van der Waals surface area contributed by atoms with E-state index in [0.29, 0.717) is 9.71 Å². The van der Waals surface area contributed by atoms with Gasteiger partial charge in [0.1, 0.15) is 5.78 Å². The van der Waals surface area contributed by atoms with Crippen LogP contribution in [-0.2, 0) is 4.79 Å². The zero-order chi connectivity index (χ0) is 8.10. The maximum atomic E-state index is 11.3. The van der Waals surface area contributed by atoms with Gasteiger partial charge in [-0.2, -0.15) is 0 Å². The largest absolute Gasteiger partial charge is 0.299 e. The highest BCUT2D eigenvalue weighted by atomic mass is 127. The molecule has 1 nitrogen and oxygen atoms in total. The van der Waals surface area contributed by atoms with E-state index < -0.39 is 0 Å². The summed E-state index contributed by atoms with van der Waals surface area (Å²) < 4.78 is 0.311. The van der Waals surface area contributed by atoms with Crippen LogP contribution in [0.5, 0.6) is 0 Å². The van der Waals surface area contributed by atoms with Gasteiger partial charge in [0.15, 0.2) is 0 Å². The van der Waals surface area contributed by atoms with Crippen LogP contribution >= 0.6 is 22.6 Å². The van der Waals surface area contributed by atoms with Crippen molar-refractivity contribution in [1.29, 1.82) is 0 Å². The van der Waals surface area contributed by atoms with E-state index in [9.17, 15) is 4.79 Å². The average Bonchev–Trinajstić information content (AvgIpc) is 2.07. The Morgan fingerprint density at radius 1 is 1.09 bits per heavy atom. The lowest BCUT2D eigenvalue weighted by Gasteiger charge is -2.04. The fourth-order valence-corrected chi connectivity index (χ4v) is 2.22. The van der Waals surface area contributed by atoms with Crippen molar-refractivity contribution in [2.75, 3.05) is 0 Å². The molecular weight excluding hydrogens is 251 g/mol. The van der Waals surface area contributed by atoms with Crippen molar-refractivity contribution >= 4 is 28.4 Å². The quantitative estimate of drug-likeness (QED) is 0.486. The van der Waals surface area contributed by atoms with Crippen LogP contribution in [0.2, 0.25) is 0 Å². The summed E-state index contributed by atoms with van der Waals surface area (Å²) in [4.78, 5) is 11.3. The zero-order valence-electron chi connectivity index (χ0n) is 6.81. The van der Waals surface area contributed by atoms with E-state index in [0.717, 1.165) is 19.3 Å². The number of carbonyl (C=O) groups excluding carboxylic acids is 1. The molecule has 0 aromatic heterocycles. The number of halogens is 1. The minimum atomic E-state index is 0.311. The molecule has 0 N–H and O–H groups in total. The molecule has 1 fully saturated rings. The fourth-order valence-electron chi connectivity index (χ4n) is 1.47. The molecule has 1 aliphatic rings. The number of alkyl halides is 1. The van der Waals surface area contributed by atoms with Crippen LogP contribution < -0.4 is 0 Å². The van der Waals surface area contributed by atoms with E-state index >= 15 is 0 Å². The molecule has 0 amide bonds. The van der Waals surface area contributed by atoms with Gasteiger partial charge in [0, 0.05) is 6.42 Å². The zero-order valence-corrected chi connectivity index (χ0v) is 8.97. The standard InChI is InChI=1S/C9H15IO/c10-8-6-4-2-1-3-5-7-9(8)11/h8H,1-7H2. The maximum Gasteiger partial charge on any atom is 0.145 e. The molecule has 1 saturated carbocycles. The molecule has 0 heterocycles. The predicted octanol–water partition coefficient (Wildman–Crippen LogP) is 3.10. The monoisotopic (exact) mass is 266 g/mol. The average molecular weight is 266 g/mol. The Morgan fingerprint density at radius 2 is 1.73 bits per heavy atom. The third-order valence-electron chi connectivity index (χ3n) is 2.23. The van der Waals surface area contributed by atoms with Crippen LogP contribution in [0.15, 0.2) is 0 Å². The molecule has 1 unspecified atom stereocenters. The van der Waals surface area contributed by atoms with Gasteiger partial charge in [-0.25, -0.2) is 0 Å². The molecule has 0 spiro atoms. The van der Waals surface area contributed by atoms with Crippen molar-refractivity contribution in [2.24, 2.45) is 0 Å². The Labute approximate surface area is 82.1 Å². The second-order valence-corrected chi connectivity index (χ2v) is 4.74. The highest BCUT2D eigenvalue weighted by Gasteiger charge is 2.14. The number of hydrogen-bond donors (Lipinski definition) is 0. The normalized spacial score (nSPS) is 28.8. The summed E-state index contributed by atoms with van der Waals surface area (Å²) in [7, 11) is 0. The highest BCUT2D eigenvalue weighted by Crippen LogP contribution is 2.19. The molecule has 11 heavy (non-hydrogen) atoms. The number of rotatable bonds is 0. The van der Waals surface area contributed by atoms with Crippen LogP contribution in [0.25, 0.3) is 0 Å². The first-order valence-corrected chi connectivity index (χ1v) is 5.72. The first kappa shape index (κ1) is 9.49. The summed E-state index contributed by atoms with van der Waals surface area (Å²) in [5.74, 6) is 0.479. The number of hydrogen-bond acceptors (Lipinski definition) is 1. The van der Waals surface area contributed by atoms with Crippen molar-refractivity contribution < 1.29 is 4.79 Å². The number of carbonyl (C=O) groups is 1. The lowest BCUT2D eigenvalue weighted by Crippen LogP contribution is -2.12. The van der Waals surface area contributed by atoms with Gasteiger partial charge in [-0.15, -0.1) is 0 Å². The van der Waals surface area contributed by atoms with Gasteiger partial charge in [-0.05, 0) is 12.8 Å². The Morgan fingerprint density at radius 3 is 2.55 bits per heavy atom. The second-order valence-electron chi connectivity index (χ2n) is 3.24. The minimum absolute atomic E-state index is 0.311. The summed E-state index contributed by atoms with van der Waals surface area (Å²) in [6.45, 7) is 0. The minimum Gasteiger partial charge on any atom is -0.299 e. The van der Waals surface area contributed by atoms with Gasteiger partial charge in [0.2, 0.25) is 0 Å². The smallest absolute Gasteiger partial charge is 0.145 e. The maximum absolute atomic E-state index is 11.3. The van der Waals surface area contributed by atoms with E-state index in [-0.39, 0.29) is 0 Å². The third-order valence-corrected chi connectivity index (χ3v) is 3.55. The Bertz CT molecular complexity index is 134. The topological polar surface area (TPSA) is 17.1 Å². The van der Waals surface area contributed by atoms with Gasteiger partial charge in [0.25, 0.3) is 0 Å². The molecule has 64 valence electrons. The van der Waals surface area contributed by atoms with Crippen LogP contribution in [0.4, 0.5) is 0 Å². The highest BCUT2D eigenvalue weighted by molar-refractivity contribution is 14.1. The molecular formula is C9H15IO. The van der Waals surface area contributed by atoms with Crippen molar-refractivity contribution in [1.82, 2.24) is 0 Å². The van der Waals surface area contributed by atoms with E-state index in [1.54, 1.807) is 0 Å². The van der Waals surface area contributed by atoms with E-state index in [1.165, 1.54) is 25.7 Å². The van der Waals surface area contributed by atoms with Gasteiger partial charge in [0.05, 0.1) is 3.92 Å². The summed E-state index contributed by atoms with van der Waals surface area (Å²) in [6, 6.07) is 0. The molecule has 1 atom stereocenters. The summed E-state index contributed by atoms with van der Waals surface area (Å²) in [5, 5.41) is 0. The molecule has 0 bridgehead atoms. The Balaban J connectivity index is 2.35. The molecule has 2 heteroatoms. The second kappa shape index (κ2) is 5.12. The van der Waals surface area contributed by atoms with Crippen LogP contribution in [-0.4, -0.2) is 9.71 Å². The lowest BCUT2D eigenvalue weighted by atomic mass is 10.1.